The number of nitrogens with zero attached hydrogens (tertiary/aromatic N) is 1. The van der Waals surface area contributed by atoms with Gasteiger partial charge in [-0.2, -0.15) is 0 Å². The number of carbonyl (C=O) groups excluding carboxylic acids is 1. The smallest absolute Gasteiger partial charge is 0.270 e. The number of aromatic amines is 1. The number of hydrogen-bond donors (Lipinski definition) is 2. The van der Waals surface area contributed by atoms with Gasteiger partial charge in [-0.1, -0.05) is 42.5 Å². The van der Waals surface area contributed by atoms with Crippen molar-refractivity contribution in [3.63, 3.8) is 0 Å². The van der Waals surface area contributed by atoms with E-state index in [2.05, 4.69) is 24.3 Å². The summed E-state index contributed by atoms with van der Waals surface area (Å²) in [4.78, 5) is 25.7. The average molecular weight is 480 g/mol. The number of hydrogen-bond acceptors (Lipinski definition) is 5. The Labute approximate surface area is 202 Å². The Morgan fingerprint density at radius 3 is 2.62 bits per heavy atom. The zero-order chi connectivity index (χ0) is 23.7. The largest absolute Gasteiger partial charge is 0.489 e. The van der Waals surface area contributed by atoms with Crippen LogP contribution in [-0.2, 0) is 16.1 Å². The number of thioether (sulfide) groups is 1. The van der Waals surface area contributed by atoms with Crippen molar-refractivity contribution in [3.05, 3.63) is 81.6 Å². The molecule has 1 saturated heterocycles. The summed E-state index contributed by atoms with van der Waals surface area (Å²) >= 11 is 1.47. The predicted octanol–water partition coefficient (Wildman–Crippen LogP) is 4.66. The van der Waals surface area contributed by atoms with E-state index in [9.17, 15) is 9.59 Å². The molecule has 3 aromatic rings. The molecule has 178 valence electrons. The van der Waals surface area contributed by atoms with Crippen molar-refractivity contribution in [3.8, 4) is 5.75 Å². The number of nitrogens with one attached hydrogen (secondary N) is 2. The molecule has 0 bridgehead atoms. The molecule has 34 heavy (non-hydrogen) atoms. The van der Waals surface area contributed by atoms with E-state index < -0.39 is 0 Å². The van der Waals surface area contributed by atoms with Gasteiger partial charge in [-0.15, -0.1) is 11.8 Å². The highest BCUT2D eigenvalue weighted by atomic mass is 32.2. The molecule has 1 amide bonds. The second-order valence-electron chi connectivity index (χ2n) is 9.41. The Kier molecular flexibility index (Phi) is 6.27. The van der Waals surface area contributed by atoms with Gasteiger partial charge in [0.15, 0.2) is 0 Å². The van der Waals surface area contributed by atoms with Gasteiger partial charge < -0.3 is 14.8 Å². The molecule has 1 fully saturated rings. The fourth-order valence-corrected chi connectivity index (χ4v) is 5.81. The number of aromatic nitrogens is 2. The first-order valence-electron chi connectivity index (χ1n) is 11.6. The van der Waals surface area contributed by atoms with Crippen molar-refractivity contribution in [1.82, 2.24) is 9.78 Å². The van der Waals surface area contributed by atoms with E-state index >= 15 is 0 Å². The van der Waals surface area contributed by atoms with E-state index in [1.165, 1.54) is 11.8 Å². The normalized spacial score (nSPS) is 21.9. The maximum absolute atomic E-state index is 13.2. The molecule has 0 unspecified atom stereocenters. The van der Waals surface area contributed by atoms with E-state index in [4.69, 9.17) is 9.47 Å². The fraction of sp³-hybridized carbons (Fsp3) is 0.385. The molecule has 0 spiro atoms. The molecule has 2 atom stereocenters. The zero-order valence-corrected chi connectivity index (χ0v) is 20.2. The summed E-state index contributed by atoms with van der Waals surface area (Å²) < 4.78 is 13.6. The van der Waals surface area contributed by atoms with Crippen molar-refractivity contribution >= 4 is 23.5 Å². The molecule has 0 aliphatic carbocycles. The van der Waals surface area contributed by atoms with Crippen LogP contribution in [0, 0.1) is 0 Å². The summed E-state index contributed by atoms with van der Waals surface area (Å²) in [5, 5.41) is 5.75. The molecule has 0 radical (unpaired) electrons. The lowest BCUT2D eigenvalue weighted by Crippen LogP contribution is -2.36. The van der Waals surface area contributed by atoms with Gasteiger partial charge in [0, 0.05) is 6.61 Å². The van der Waals surface area contributed by atoms with Gasteiger partial charge in [0.2, 0.25) is 5.91 Å². The van der Waals surface area contributed by atoms with Crippen LogP contribution in [0.4, 0.5) is 5.82 Å². The van der Waals surface area contributed by atoms with Crippen LogP contribution in [0.3, 0.4) is 0 Å². The monoisotopic (exact) mass is 479 g/mol. The summed E-state index contributed by atoms with van der Waals surface area (Å²) in [6, 6.07) is 17.9. The number of rotatable bonds is 5. The third-order valence-electron chi connectivity index (χ3n) is 6.33. The number of amides is 1. The van der Waals surface area contributed by atoms with Crippen LogP contribution in [0.2, 0.25) is 0 Å². The van der Waals surface area contributed by atoms with Crippen molar-refractivity contribution in [2.75, 3.05) is 17.7 Å². The van der Waals surface area contributed by atoms with Gasteiger partial charge in [0.25, 0.3) is 5.56 Å². The summed E-state index contributed by atoms with van der Waals surface area (Å²) in [7, 11) is 0. The SMILES string of the molecule is CC1(C)C[C@@H](n2[nH]c(=O)c3c2NC(=O)CS[C@H]3c2ccc(OCc3ccccc3)cc2)CCO1. The Hall–Kier alpha value is -2.97. The maximum atomic E-state index is 13.2. The summed E-state index contributed by atoms with van der Waals surface area (Å²) in [6.07, 6.45) is 1.53. The molecule has 2 aliphatic rings. The first-order valence-corrected chi connectivity index (χ1v) is 12.6. The van der Waals surface area contributed by atoms with E-state index in [1.807, 2.05) is 59.3 Å². The minimum absolute atomic E-state index is 0.0537. The molecule has 2 aromatic carbocycles. The molecule has 3 heterocycles. The van der Waals surface area contributed by atoms with Gasteiger partial charge in [-0.05, 0) is 49.9 Å². The van der Waals surface area contributed by atoms with Gasteiger partial charge >= 0.3 is 0 Å². The third-order valence-corrected chi connectivity index (χ3v) is 7.60. The zero-order valence-electron chi connectivity index (χ0n) is 19.4. The standard InChI is InChI=1S/C26H29N3O4S/c1-26(2)14-19(12-13-33-26)29-24-22(25(31)28-29)23(34-16-21(30)27-24)18-8-10-20(11-9-18)32-15-17-6-4-3-5-7-17/h3-11,19,23H,12-16H2,1-2H3,(H,27,30)(H,28,31)/t19-,23-/m0/s1. The fourth-order valence-electron chi connectivity index (χ4n) is 4.68. The van der Waals surface area contributed by atoms with Crippen LogP contribution in [-0.4, -0.2) is 33.6 Å². The summed E-state index contributed by atoms with van der Waals surface area (Å²) in [5.74, 6) is 1.52. The highest BCUT2D eigenvalue weighted by molar-refractivity contribution is 8.00. The molecular weight excluding hydrogens is 450 g/mol. The average Bonchev–Trinajstić information content (AvgIpc) is 3.03. The molecule has 2 aliphatic heterocycles. The highest BCUT2D eigenvalue weighted by Gasteiger charge is 2.36. The van der Waals surface area contributed by atoms with E-state index in [1.54, 1.807) is 0 Å². The van der Waals surface area contributed by atoms with Gasteiger partial charge in [0.1, 0.15) is 18.2 Å². The van der Waals surface area contributed by atoms with Crippen molar-refractivity contribution < 1.29 is 14.3 Å². The molecule has 7 nitrogen and oxygen atoms in total. The lowest BCUT2D eigenvalue weighted by Gasteiger charge is -2.36. The highest BCUT2D eigenvalue weighted by Crippen LogP contribution is 2.42. The van der Waals surface area contributed by atoms with Crippen LogP contribution < -0.4 is 15.6 Å². The first-order chi connectivity index (χ1) is 16.4. The molecule has 1 aromatic heterocycles. The van der Waals surface area contributed by atoms with Crippen LogP contribution in [0.1, 0.15) is 54.7 Å². The number of carbonyl (C=O) groups is 1. The number of benzene rings is 2. The minimum Gasteiger partial charge on any atom is -0.489 e. The van der Waals surface area contributed by atoms with Gasteiger partial charge in [0.05, 0.1) is 28.2 Å². The van der Waals surface area contributed by atoms with Crippen LogP contribution >= 0.6 is 11.8 Å². The third kappa shape index (κ3) is 4.79. The Balaban J connectivity index is 1.42. The van der Waals surface area contributed by atoms with Crippen LogP contribution in [0.25, 0.3) is 0 Å². The number of ether oxygens (including phenoxy) is 2. The minimum atomic E-state index is -0.282. The predicted molar refractivity (Wildman–Crippen MR) is 134 cm³/mol. The second kappa shape index (κ2) is 9.35. The van der Waals surface area contributed by atoms with E-state index in [0.717, 1.165) is 29.7 Å². The molecule has 8 heteroatoms. The van der Waals surface area contributed by atoms with Crippen LogP contribution in [0.5, 0.6) is 5.75 Å². The van der Waals surface area contributed by atoms with E-state index in [-0.39, 0.29) is 34.1 Å². The molecule has 0 saturated carbocycles. The lowest BCUT2D eigenvalue weighted by atomic mass is 9.94. The van der Waals surface area contributed by atoms with Gasteiger partial charge in [-0.3, -0.25) is 19.4 Å². The molecule has 5 rings (SSSR count). The van der Waals surface area contributed by atoms with Crippen molar-refractivity contribution in [2.24, 2.45) is 0 Å². The summed E-state index contributed by atoms with van der Waals surface area (Å²) in [5.41, 5.74) is 2.21. The topological polar surface area (TPSA) is 85.4 Å². The number of anilines is 1. The lowest BCUT2D eigenvalue weighted by molar-refractivity contribution is -0.113. The molecular formula is C26H29N3O4S. The van der Waals surface area contributed by atoms with Crippen molar-refractivity contribution in [1.29, 1.82) is 0 Å². The first kappa shape index (κ1) is 22.8. The number of fused-ring (bicyclic) bond motifs is 1. The summed E-state index contributed by atoms with van der Waals surface area (Å²) in [6.45, 7) is 5.21. The quantitative estimate of drug-likeness (QED) is 0.556. The van der Waals surface area contributed by atoms with E-state index in [0.29, 0.717) is 24.6 Å². The molecule has 2 N–H and O–H groups in total. The van der Waals surface area contributed by atoms with Crippen molar-refractivity contribution in [2.45, 2.75) is 50.2 Å². The Bertz CT molecular complexity index is 1220. The van der Waals surface area contributed by atoms with Crippen LogP contribution in [0.15, 0.2) is 59.4 Å². The maximum Gasteiger partial charge on any atom is 0.270 e. The Morgan fingerprint density at radius 1 is 1.12 bits per heavy atom. The van der Waals surface area contributed by atoms with Gasteiger partial charge in [-0.25, -0.2) is 0 Å². The number of H-pyrrole nitrogens is 1. The Morgan fingerprint density at radius 2 is 1.88 bits per heavy atom. The second-order valence-corrected chi connectivity index (χ2v) is 10.5.